The van der Waals surface area contributed by atoms with Crippen LogP contribution in [0.1, 0.15) is 17.0 Å². The fourth-order valence-corrected chi connectivity index (χ4v) is 2.70. The quantitative estimate of drug-likeness (QED) is 0.720. The maximum absolute atomic E-state index is 11.4. The van der Waals surface area contributed by atoms with E-state index in [-0.39, 0.29) is 5.92 Å². The normalized spacial score (nSPS) is 16.4. The molecular weight excluding hydrogens is 316 g/mol. The predicted molar refractivity (Wildman–Crippen MR) is 73.6 cm³/mol. The molecule has 0 radical (unpaired) electrons. The van der Waals surface area contributed by atoms with Crippen LogP contribution < -0.4 is 4.74 Å². The Bertz CT molecular complexity index is 588. The minimum Gasteiger partial charge on any atom is -0.457 e. The number of hydrogen-bond acceptors (Lipinski definition) is 2. The summed E-state index contributed by atoms with van der Waals surface area (Å²) in [7, 11) is 0. The van der Waals surface area contributed by atoms with E-state index in [0.29, 0.717) is 16.5 Å². The van der Waals surface area contributed by atoms with Crippen LogP contribution in [0.4, 0.5) is 0 Å². The first kappa shape index (κ1) is 11.8. The Balaban J connectivity index is 2.22. The first-order valence-electron chi connectivity index (χ1n) is 5.41. The summed E-state index contributed by atoms with van der Waals surface area (Å²) in [5.74, 6) is 1.07. The van der Waals surface area contributed by atoms with Crippen molar-refractivity contribution in [3.63, 3.8) is 0 Å². The van der Waals surface area contributed by atoms with E-state index in [1.54, 1.807) is 18.2 Å². The van der Waals surface area contributed by atoms with Crippen molar-refractivity contribution >= 4 is 33.8 Å². The lowest BCUT2D eigenvalue weighted by atomic mass is 9.89. The SMILES string of the molecule is O=CC1c2cc(Cl)ccc2Oc2ccc(Br)cc21. The van der Waals surface area contributed by atoms with Gasteiger partial charge in [-0.1, -0.05) is 27.5 Å². The molecule has 0 aliphatic carbocycles. The van der Waals surface area contributed by atoms with Crippen molar-refractivity contribution in [1.82, 2.24) is 0 Å². The van der Waals surface area contributed by atoms with E-state index in [1.165, 1.54) is 0 Å². The standard InChI is InChI=1S/C14H8BrClO2/c15-8-1-3-13-10(5-8)12(7-17)11-6-9(16)2-4-14(11)18-13/h1-7,12H. The number of rotatable bonds is 1. The molecule has 2 nitrogen and oxygen atoms in total. The minimum atomic E-state index is -0.333. The molecule has 1 aliphatic rings. The molecule has 0 N–H and O–H groups in total. The average molecular weight is 324 g/mol. The van der Waals surface area contributed by atoms with E-state index in [4.69, 9.17) is 16.3 Å². The Morgan fingerprint density at radius 3 is 2.50 bits per heavy atom. The zero-order chi connectivity index (χ0) is 12.7. The van der Waals surface area contributed by atoms with Gasteiger partial charge >= 0.3 is 0 Å². The van der Waals surface area contributed by atoms with E-state index in [0.717, 1.165) is 21.9 Å². The van der Waals surface area contributed by atoms with Gasteiger partial charge in [-0.25, -0.2) is 0 Å². The van der Waals surface area contributed by atoms with E-state index in [1.807, 2.05) is 18.2 Å². The van der Waals surface area contributed by atoms with Gasteiger partial charge in [0.05, 0.1) is 5.92 Å². The van der Waals surface area contributed by atoms with Gasteiger partial charge in [-0.05, 0) is 36.4 Å². The van der Waals surface area contributed by atoms with Crippen LogP contribution in [0.2, 0.25) is 5.02 Å². The summed E-state index contributed by atoms with van der Waals surface area (Å²) in [6, 6.07) is 11.0. The summed E-state index contributed by atoms with van der Waals surface area (Å²) >= 11 is 9.38. The number of carbonyl (C=O) groups is 1. The molecule has 4 heteroatoms. The molecule has 0 saturated carbocycles. The second-order valence-corrected chi connectivity index (χ2v) is 5.43. The lowest BCUT2D eigenvalue weighted by molar-refractivity contribution is -0.108. The van der Waals surface area contributed by atoms with Gasteiger partial charge < -0.3 is 9.53 Å². The molecule has 0 fully saturated rings. The zero-order valence-electron chi connectivity index (χ0n) is 9.19. The molecule has 1 atom stereocenters. The maximum Gasteiger partial charge on any atom is 0.132 e. The summed E-state index contributed by atoms with van der Waals surface area (Å²) in [5.41, 5.74) is 1.66. The van der Waals surface area contributed by atoms with Crippen LogP contribution >= 0.6 is 27.5 Å². The third-order valence-electron chi connectivity index (χ3n) is 2.97. The van der Waals surface area contributed by atoms with E-state index < -0.39 is 0 Å². The van der Waals surface area contributed by atoms with Gasteiger partial charge in [0.25, 0.3) is 0 Å². The summed E-state index contributed by atoms with van der Waals surface area (Å²) in [6.45, 7) is 0. The second-order valence-electron chi connectivity index (χ2n) is 4.08. The van der Waals surface area contributed by atoms with Crippen LogP contribution in [0, 0.1) is 0 Å². The monoisotopic (exact) mass is 322 g/mol. The van der Waals surface area contributed by atoms with Crippen molar-refractivity contribution in [3.05, 3.63) is 57.0 Å². The third kappa shape index (κ3) is 1.84. The Hall–Kier alpha value is -1.32. The van der Waals surface area contributed by atoms with Crippen molar-refractivity contribution < 1.29 is 9.53 Å². The molecule has 90 valence electrons. The Labute approximate surface area is 118 Å². The van der Waals surface area contributed by atoms with Crippen LogP contribution in [0.15, 0.2) is 40.9 Å². The van der Waals surface area contributed by atoms with Gasteiger partial charge in [0, 0.05) is 20.6 Å². The number of fused-ring (bicyclic) bond motifs is 2. The van der Waals surface area contributed by atoms with Crippen LogP contribution in [0.25, 0.3) is 0 Å². The number of carbonyl (C=O) groups excluding carboxylic acids is 1. The molecule has 18 heavy (non-hydrogen) atoms. The van der Waals surface area contributed by atoms with E-state index >= 15 is 0 Å². The third-order valence-corrected chi connectivity index (χ3v) is 3.70. The van der Waals surface area contributed by atoms with Crippen LogP contribution in [0.5, 0.6) is 11.5 Å². The zero-order valence-corrected chi connectivity index (χ0v) is 11.5. The molecule has 1 aliphatic heterocycles. The van der Waals surface area contributed by atoms with Crippen molar-refractivity contribution in [2.45, 2.75) is 5.92 Å². The molecule has 0 aromatic heterocycles. The lowest BCUT2D eigenvalue weighted by Crippen LogP contribution is -2.11. The minimum absolute atomic E-state index is 0.333. The first-order chi connectivity index (χ1) is 8.69. The summed E-state index contributed by atoms with van der Waals surface area (Å²) in [6.07, 6.45) is 0.920. The number of ether oxygens (including phenoxy) is 1. The van der Waals surface area contributed by atoms with Crippen molar-refractivity contribution in [3.8, 4) is 11.5 Å². The highest BCUT2D eigenvalue weighted by Crippen LogP contribution is 2.44. The number of benzene rings is 2. The number of hydrogen-bond donors (Lipinski definition) is 0. The Kier molecular flexibility index (Phi) is 2.88. The summed E-state index contributed by atoms with van der Waals surface area (Å²) in [5, 5.41) is 0.600. The summed E-state index contributed by atoms with van der Waals surface area (Å²) in [4.78, 5) is 11.4. The Morgan fingerprint density at radius 1 is 1.11 bits per heavy atom. The highest BCUT2D eigenvalue weighted by atomic mass is 79.9. The highest BCUT2D eigenvalue weighted by molar-refractivity contribution is 9.10. The molecule has 2 aromatic carbocycles. The molecular formula is C14H8BrClO2. The van der Waals surface area contributed by atoms with Gasteiger partial charge in [0.2, 0.25) is 0 Å². The van der Waals surface area contributed by atoms with Crippen LogP contribution in [0.3, 0.4) is 0 Å². The van der Waals surface area contributed by atoms with Crippen molar-refractivity contribution in [2.75, 3.05) is 0 Å². The van der Waals surface area contributed by atoms with Gasteiger partial charge in [0.15, 0.2) is 0 Å². The largest absolute Gasteiger partial charge is 0.457 e. The van der Waals surface area contributed by atoms with Crippen LogP contribution in [-0.2, 0) is 4.79 Å². The first-order valence-corrected chi connectivity index (χ1v) is 6.58. The van der Waals surface area contributed by atoms with Crippen molar-refractivity contribution in [1.29, 1.82) is 0 Å². The fraction of sp³-hybridized carbons (Fsp3) is 0.0714. The number of aldehydes is 1. The number of halogens is 2. The van der Waals surface area contributed by atoms with Crippen molar-refractivity contribution in [2.24, 2.45) is 0 Å². The van der Waals surface area contributed by atoms with Gasteiger partial charge in [-0.3, -0.25) is 0 Å². The molecule has 0 amide bonds. The molecule has 2 aromatic rings. The van der Waals surface area contributed by atoms with Gasteiger partial charge in [-0.15, -0.1) is 0 Å². The van der Waals surface area contributed by atoms with Crippen LogP contribution in [-0.4, -0.2) is 6.29 Å². The molecule has 1 heterocycles. The molecule has 0 bridgehead atoms. The smallest absolute Gasteiger partial charge is 0.132 e. The topological polar surface area (TPSA) is 26.3 Å². The predicted octanol–water partition coefficient (Wildman–Crippen LogP) is 4.54. The highest BCUT2D eigenvalue weighted by Gasteiger charge is 2.27. The van der Waals surface area contributed by atoms with Gasteiger partial charge in [-0.2, -0.15) is 0 Å². The molecule has 1 unspecified atom stereocenters. The summed E-state index contributed by atoms with van der Waals surface area (Å²) < 4.78 is 6.70. The van der Waals surface area contributed by atoms with E-state index in [2.05, 4.69) is 15.9 Å². The lowest BCUT2D eigenvalue weighted by Gasteiger charge is -2.25. The molecule has 0 saturated heterocycles. The fourth-order valence-electron chi connectivity index (χ4n) is 2.14. The average Bonchev–Trinajstić information content (AvgIpc) is 2.36. The molecule has 3 rings (SSSR count). The maximum atomic E-state index is 11.4. The molecule has 0 spiro atoms. The Morgan fingerprint density at radius 2 is 1.78 bits per heavy atom. The second kappa shape index (κ2) is 4.41. The van der Waals surface area contributed by atoms with Gasteiger partial charge in [0.1, 0.15) is 17.8 Å². The van der Waals surface area contributed by atoms with E-state index in [9.17, 15) is 4.79 Å².